The molecule has 2 atom stereocenters. The average Bonchev–Trinajstić information content (AvgIpc) is 2.42. The summed E-state index contributed by atoms with van der Waals surface area (Å²) in [5, 5.41) is 12.9. The molecule has 2 rings (SSSR count). The molecule has 2 heteroatoms. The molecule has 0 amide bonds. The van der Waals surface area contributed by atoms with Crippen molar-refractivity contribution in [3.05, 3.63) is 48.0 Å². The van der Waals surface area contributed by atoms with Gasteiger partial charge in [0.1, 0.15) is 0 Å². The third kappa shape index (κ3) is 3.69. The molecule has 92 valence electrons. The van der Waals surface area contributed by atoms with Gasteiger partial charge in [0.25, 0.3) is 0 Å². The standard InChI is InChI=1S/C15H21NO/c17-12-15(14-9-5-2-6-10-14)16-11-13-7-3-1-4-8-13/h1-3,5-6,9-10,13,15-17H,4,7-8,11-12H2/t13?,15-/m1/s1. The Balaban J connectivity index is 1.85. The van der Waals surface area contributed by atoms with E-state index in [0.29, 0.717) is 0 Å². The molecule has 0 heterocycles. The predicted octanol–water partition coefficient (Wildman–Crippen LogP) is 2.67. The molecule has 1 aromatic carbocycles. The molecule has 17 heavy (non-hydrogen) atoms. The van der Waals surface area contributed by atoms with Crippen LogP contribution in [0.15, 0.2) is 42.5 Å². The van der Waals surface area contributed by atoms with Crippen LogP contribution in [-0.4, -0.2) is 18.3 Å². The van der Waals surface area contributed by atoms with Crippen LogP contribution < -0.4 is 5.32 Å². The zero-order chi connectivity index (χ0) is 11.9. The largest absolute Gasteiger partial charge is 0.394 e. The lowest BCUT2D eigenvalue weighted by atomic mass is 9.94. The molecule has 0 fully saturated rings. The molecule has 0 saturated carbocycles. The van der Waals surface area contributed by atoms with Gasteiger partial charge in [-0.05, 0) is 37.3 Å². The lowest BCUT2D eigenvalue weighted by molar-refractivity contribution is 0.237. The van der Waals surface area contributed by atoms with Gasteiger partial charge < -0.3 is 10.4 Å². The third-order valence-corrected chi connectivity index (χ3v) is 3.42. The smallest absolute Gasteiger partial charge is 0.0626 e. The highest BCUT2D eigenvalue weighted by Gasteiger charge is 2.13. The minimum atomic E-state index is 0.0714. The highest BCUT2D eigenvalue weighted by Crippen LogP contribution is 2.19. The van der Waals surface area contributed by atoms with Gasteiger partial charge in [-0.3, -0.25) is 0 Å². The van der Waals surface area contributed by atoms with E-state index in [4.69, 9.17) is 0 Å². The fourth-order valence-corrected chi connectivity index (χ4v) is 2.32. The van der Waals surface area contributed by atoms with Crippen molar-refractivity contribution in [1.29, 1.82) is 0 Å². The van der Waals surface area contributed by atoms with Crippen molar-refractivity contribution in [2.45, 2.75) is 25.3 Å². The molecular formula is C15H21NO. The molecule has 2 nitrogen and oxygen atoms in total. The van der Waals surface area contributed by atoms with E-state index in [0.717, 1.165) is 12.5 Å². The van der Waals surface area contributed by atoms with Crippen LogP contribution >= 0.6 is 0 Å². The lowest BCUT2D eigenvalue weighted by Gasteiger charge is -2.22. The molecule has 1 unspecified atom stereocenters. The van der Waals surface area contributed by atoms with E-state index < -0.39 is 0 Å². The zero-order valence-corrected chi connectivity index (χ0v) is 10.2. The van der Waals surface area contributed by atoms with E-state index in [1.54, 1.807) is 0 Å². The number of allylic oxidation sites excluding steroid dienone is 2. The molecule has 0 spiro atoms. The molecular weight excluding hydrogens is 210 g/mol. The van der Waals surface area contributed by atoms with Crippen LogP contribution in [-0.2, 0) is 0 Å². The van der Waals surface area contributed by atoms with Crippen molar-refractivity contribution >= 4 is 0 Å². The van der Waals surface area contributed by atoms with E-state index in [9.17, 15) is 5.11 Å². The third-order valence-electron chi connectivity index (χ3n) is 3.42. The van der Waals surface area contributed by atoms with Crippen LogP contribution in [0, 0.1) is 5.92 Å². The van der Waals surface area contributed by atoms with Crippen LogP contribution in [0.1, 0.15) is 30.9 Å². The Labute approximate surface area is 103 Å². The molecule has 1 aliphatic rings. The minimum Gasteiger partial charge on any atom is -0.394 e. The maximum Gasteiger partial charge on any atom is 0.0626 e. The summed E-state index contributed by atoms with van der Waals surface area (Å²) >= 11 is 0. The lowest BCUT2D eigenvalue weighted by Crippen LogP contribution is -2.30. The van der Waals surface area contributed by atoms with Gasteiger partial charge in [0.15, 0.2) is 0 Å². The van der Waals surface area contributed by atoms with Crippen LogP contribution in [0.5, 0.6) is 0 Å². The van der Waals surface area contributed by atoms with Crippen molar-refractivity contribution in [3.8, 4) is 0 Å². The van der Waals surface area contributed by atoms with E-state index in [-0.39, 0.29) is 12.6 Å². The van der Waals surface area contributed by atoms with Gasteiger partial charge >= 0.3 is 0 Å². The van der Waals surface area contributed by atoms with E-state index in [1.165, 1.54) is 24.8 Å². The van der Waals surface area contributed by atoms with Crippen LogP contribution in [0.3, 0.4) is 0 Å². The van der Waals surface area contributed by atoms with Gasteiger partial charge in [-0.2, -0.15) is 0 Å². The Hall–Kier alpha value is -1.12. The van der Waals surface area contributed by atoms with E-state index in [2.05, 4.69) is 29.6 Å². The summed E-state index contributed by atoms with van der Waals surface area (Å²) in [7, 11) is 0. The van der Waals surface area contributed by atoms with E-state index >= 15 is 0 Å². The van der Waals surface area contributed by atoms with Gasteiger partial charge in [0, 0.05) is 0 Å². The molecule has 0 saturated heterocycles. The Bertz CT molecular complexity index is 347. The fourth-order valence-electron chi connectivity index (χ4n) is 2.32. The van der Waals surface area contributed by atoms with Crippen molar-refractivity contribution in [2.24, 2.45) is 5.92 Å². The van der Waals surface area contributed by atoms with Crippen molar-refractivity contribution in [1.82, 2.24) is 5.32 Å². The summed E-state index contributed by atoms with van der Waals surface area (Å²) in [6.07, 6.45) is 8.15. The first-order chi connectivity index (χ1) is 8.40. The number of aliphatic hydroxyl groups excluding tert-OH is 1. The fraction of sp³-hybridized carbons (Fsp3) is 0.467. The quantitative estimate of drug-likeness (QED) is 0.764. The summed E-state index contributed by atoms with van der Waals surface area (Å²) < 4.78 is 0. The van der Waals surface area contributed by atoms with Gasteiger partial charge in [0.2, 0.25) is 0 Å². The molecule has 1 aromatic rings. The molecule has 2 N–H and O–H groups in total. The summed E-state index contributed by atoms with van der Waals surface area (Å²) in [5.74, 6) is 0.720. The Morgan fingerprint density at radius 3 is 2.71 bits per heavy atom. The summed E-state index contributed by atoms with van der Waals surface area (Å²) in [6, 6.07) is 10.2. The maximum atomic E-state index is 9.43. The highest BCUT2D eigenvalue weighted by atomic mass is 16.3. The second-order valence-electron chi connectivity index (χ2n) is 4.70. The molecule has 0 bridgehead atoms. The van der Waals surface area contributed by atoms with Crippen molar-refractivity contribution in [3.63, 3.8) is 0 Å². The monoisotopic (exact) mass is 231 g/mol. The number of hydrogen-bond acceptors (Lipinski definition) is 2. The van der Waals surface area contributed by atoms with Crippen molar-refractivity contribution in [2.75, 3.05) is 13.2 Å². The topological polar surface area (TPSA) is 32.3 Å². The Morgan fingerprint density at radius 1 is 1.24 bits per heavy atom. The molecule has 0 radical (unpaired) electrons. The second-order valence-corrected chi connectivity index (χ2v) is 4.70. The summed E-state index contributed by atoms with van der Waals surface area (Å²) in [4.78, 5) is 0. The number of benzene rings is 1. The van der Waals surface area contributed by atoms with E-state index in [1.807, 2.05) is 18.2 Å². The molecule has 1 aliphatic carbocycles. The summed E-state index contributed by atoms with van der Waals surface area (Å²) in [5.41, 5.74) is 1.17. The van der Waals surface area contributed by atoms with Gasteiger partial charge in [-0.1, -0.05) is 42.5 Å². The minimum absolute atomic E-state index is 0.0714. The second kappa shape index (κ2) is 6.58. The molecule has 0 aromatic heterocycles. The van der Waals surface area contributed by atoms with Crippen LogP contribution in [0.25, 0.3) is 0 Å². The predicted molar refractivity (Wildman–Crippen MR) is 70.8 cm³/mol. The SMILES string of the molecule is OC[C@@H](NCC1CC=CCC1)c1ccccc1. The number of nitrogens with one attached hydrogen (secondary N) is 1. The van der Waals surface area contributed by atoms with Crippen LogP contribution in [0.4, 0.5) is 0 Å². The van der Waals surface area contributed by atoms with Gasteiger partial charge in [0.05, 0.1) is 12.6 Å². The highest BCUT2D eigenvalue weighted by molar-refractivity contribution is 5.18. The number of rotatable bonds is 5. The first kappa shape index (κ1) is 12.3. The Morgan fingerprint density at radius 2 is 2.06 bits per heavy atom. The normalized spacial score (nSPS) is 21.4. The van der Waals surface area contributed by atoms with Crippen molar-refractivity contribution < 1.29 is 5.11 Å². The summed E-state index contributed by atoms with van der Waals surface area (Å²) in [6.45, 7) is 1.15. The maximum absolute atomic E-state index is 9.43. The Kier molecular flexibility index (Phi) is 4.77. The first-order valence-corrected chi connectivity index (χ1v) is 6.44. The number of hydrogen-bond donors (Lipinski definition) is 2. The number of aliphatic hydroxyl groups is 1. The first-order valence-electron chi connectivity index (χ1n) is 6.44. The zero-order valence-electron chi connectivity index (χ0n) is 10.2. The van der Waals surface area contributed by atoms with Crippen LogP contribution in [0.2, 0.25) is 0 Å². The molecule has 0 aliphatic heterocycles. The van der Waals surface area contributed by atoms with Gasteiger partial charge in [-0.25, -0.2) is 0 Å². The van der Waals surface area contributed by atoms with Gasteiger partial charge in [-0.15, -0.1) is 0 Å². The average molecular weight is 231 g/mol.